The van der Waals surface area contributed by atoms with Crippen molar-refractivity contribution in [3.05, 3.63) is 23.8 Å². The van der Waals surface area contributed by atoms with Crippen LogP contribution in [0, 0.1) is 5.92 Å². The zero-order valence-electron chi connectivity index (χ0n) is 12.2. The lowest BCUT2D eigenvalue weighted by Crippen LogP contribution is -2.36. The molecule has 1 aromatic rings. The molecule has 0 unspecified atom stereocenters. The third kappa shape index (κ3) is 3.63. The molecule has 110 valence electrons. The van der Waals surface area contributed by atoms with Crippen LogP contribution in [0.25, 0.3) is 0 Å². The van der Waals surface area contributed by atoms with Gasteiger partial charge in [-0.25, -0.2) is 0 Å². The minimum absolute atomic E-state index is 0.0674. The molecule has 5 nitrogen and oxygen atoms in total. The molecule has 20 heavy (non-hydrogen) atoms. The van der Waals surface area contributed by atoms with Gasteiger partial charge in [0, 0.05) is 12.1 Å². The van der Waals surface area contributed by atoms with Crippen molar-refractivity contribution >= 4 is 11.6 Å². The van der Waals surface area contributed by atoms with E-state index in [-0.39, 0.29) is 5.91 Å². The van der Waals surface area contributed by atoms with E-state index in [1.807, 2.05) is 0 Å². The Morgan fingerprint density at radius 2 is 2.15 bits per heavy atom. The molecule has 0 bridgehead atoms. The van der Waals surface area contributed by atoms with Crippen molar-refractivity contribution in [2.75, 3.05) is 39.5 Å². The number of benzene rings is 1. The Balaban J connectivity index is 1.88. The molecular formula is C15H23N3O2. The van der Waals surface area contributed by atoms with Gasteiger partial charge in [-0.1, -0.05) is 0 Å². The number of piperidine rings is 1. The highest BCUT2D eigenvalue weighted by atomic mass is 16.5. The van der Waals surface area contributed by atoms with Gasteiger partial charge < -0.3 is 20.7 Å². The van der Waals surface area contributed by atoms with Crippen LogP contribution in [0.1, 0.15) is 23.2 Å². The van der Waals surface area contributed by atoms with Crippen molar-refractivity contribution in [3.63, 3.8) is 0 Å². The van der Waals surface area contributed by atoms with Gasteiger partial charge in [0.15, 0.2) is 0 Å². The number of anilines is 1. The number of nitrogen functional groups attached to an aromatic ring is 1. The second kappa shape index (κ2) is 6.61. The minimum atomic E-state index is -0.0674. The number of ether oxygens (including phenoxy) is 1. The van der Waals surface area contributed by atoms with E-state index in [0.29, 0.717) is 22.9 Å². The molecule has 0 atom stereocenters. The highest BCUT2D eigenvalue weighted by Gasteiger charge is 2.17. The summed E-state index contributed by atoms with van der Waals surface area (Å²) < 4.78 is 5.13. The molecule has 1 fully saturated rings. The fourth-order valence-corrected chi connectivity index (χ4v) is 2.46. The van der Waals surface area contributed by atoms with Crippen LogP contribution in [-0.2, 0) is 0 Å². The summed E-state index contributed by atoms with van der Waals surface area (Å²) in [7, 11) is 3.68. The number of amides is 1. The van der Waals surface area contributed by atoms with Gasteiger partial charge in [0.2, 0.25) is 0 Å². The highest BCUT2D eigenvalue weighted by molar-refractivity contribution is 5.95. The fourth-order valence-electron chi connectivity index (χ4n) is 2.46. The molecule has 1 saturated heterocycles. The number of methoxy groups -OCH3 is 1. The van der Waals surface area contributed by atoms with E-state index in [1.165, 1.54) is 0 Å². The molecule has 2 rings (SSSR count). The Morgan fingerprint density at radius 1 is 1.45 bits per heavy atom. The lowest BCUT2D eigenvalue weighted by Gasteiger charge is -2.28. The summed E-state index contributed by atoms with van der Waals surface area (Å²) >= 11 is 0. The molecule has 0 spiro atoms. The van der Waals surface area contributed by atoms with Crippen molar-refractivity contribution < 1.29 is 9.53 Å². The standard InChI is InChI=1S/C15H23N3O2/c1-18-7-5-11(6-8-18)10-17-15(19)12-3-4-13(16)14(9-12)20-2/h3-4,9,11H,5-8,10,16H2,1-2H3,(H,17,19). The first kappa shape index (κ1) is 14.7. The van der Waals surface area contributed by atoms with Crippen LogP contribution in [0.4, 0.5) is 5.69 Å². The topological polar surface area (TPSA) is 67.6 Å². The summed E-state index contributed by atoms with van der Waals surface area (Å²) in [4.78, 5) is 14.4. The summed E-state index contributed by atoms with van der Waals surface area (Å²) in [5.41, 5.74) is 6.87. The van der Waals surface area contributed by atoms with E-state index >= 15 is 0 Å². The summed E-state index contributed by atoms with van der Waals surface area (Å²) in [6.45, 7) is 2.95. The summed E-state index contributed by atoms with van der Waals surface area (Å²) in [5.74, 6) is 1.05. The van der Waals surface area contributed by atoms with E-state index in [1.54, 1.807) is 25.3 Å². The molecule has 1 heterocycles. The van der Waals surface area contributed by atoms with E-state index in [0.717, 1.165) is 32.5 Å². The number of carbonyl (C=O) groups is 1. The van der Waals surface area contributed by atoms with Gasteiger partial charge in [0.1, 0.15) is 5.75 Å². The zero-order chi connectivity index (χ0) is 14.5. The quantitative estimate of drug-likeness (QED) is 0.815. The van der Waals surface area contributed by atoms with Gasteiger partial charge >= 0.3 is 0 Å². The summed E-state index contributed by atoms with van der Waals surface area (Å²) in [5, 5.41) is 3.00. The maximum atomic E-state index is 12.1. The molecule has 1 aliphatic heterocycles. The summed E-state index contributed by atoms with van der Waals surface area (Å²) in [6, 6.07) is 5.10. The van der Waals surface area contributed by atoms with Crippen LogP contribution in [-0.4, -0.2) is 44.6 Å². The average Bonchev–Trinajstić information content (AvgIpc) is 2.47. The Bertz CT molecular complexity index is 468. The Kier molecular flexibility index (Phi) is 4.84. The number of nitrogens with two attached hydrogens (primary N) is 1. The first-order valence-corrected chi connectivity index (χ1v) is 7.00. The second-order valence-corrected chi connectivity index (χ2v) is 5.41. The monoisotopic (exact) mass is 277 g/mol. The Labute approximate surface area is 120 Å². The van der Waals surface area contributed by atoms with Crippen LogP contribution in [0.3, 0.4) is 0 Å². The lowest BCUT2D eigenvalue weighted by molar-refractivity contribution is 0.0938. The molecule has 0 aliphatic carbocycles. The van der Waals surface area contributed by atoms with Gasteiger partial charge in [0.05, 0.1) is 12.8 Å². The van der Waals surface area contributed by atoms with Crippen LogP contribution < -0.4 is 15.8 Å². The predicted molar refractivity (Wildman–Crippen MR) is 80.0 cm³/mol. The number of nitrogens with one attached hydrogen (secondary N) is 1. The number of carbonyl (C=O) groups excluding carboxylic acids is 1. The van der Waals surface area contributed by atoms with Crippen molar-refractivity contribution in [1.29, 1.82) is 0 Å². The van der Waals surface area contributed by atoms with Gasteiger partial charge in [0.25, 0.3) is 5.91 Å². The van der Waals surface area contributed by atoms with Gasteiger partial charge in [-0.2, -0.15) is 0 Å². The first-order valence-electron chi connectivity index (χ1n) is 7.00. The largest absolute Gasteiger partial charge is 0.495 e. The van der Waals surface area contributed by atoms with Crippen molar-refractivity contribution in [1.82, 2.24) is 10.2 Å². The Morgan fingerprint density at radius 3 is 2.80 bits per heavy atom. The molecule has 0 saturated carbocycles. The maximum Gasteiger partial charge on any atom is 0.251 e. The average molecular weight is 277 g/mol. The number of hydrogen-bond acceptors (Lipinski definition) is 4. The third-order valence-corrected chi connectivity index (χ3v) is 3.89. The lowest BCUT2D eigenvalue weighted by atomic mass is 9.97. The third-order valence-electron chi connectivity index (χ3n) is 3.89. The highest BCUT2D eigenvalue weighted by Crippen LogP contribution is 2.22. The minimum Gasteiger partial charge on any atom is -0.495 e. The van der Waals surface area contributed by atoms with Crippen molar-refractivity contribution in [2.24, 2.45) is 5.92 Å². The number of likely N-dealkylation sites (tertiary alicyclic amines) is 1. The number of rotatable bonds is 4. The molecule has 1 aliphatic rings. The number of hydrogen-bond donors (Lipinski definition) is 2. The van der Waals surface area contributed by atoms with E-state index in [2.05, 4.69) is 17.3 Å². The van der Waals surface area contributed by atoms with Crippen molar-refractivity contribution in [2.45, 2.75) is 12.8 Å². The molecular weight excluding hydrogens is 254 g/mol. The zero-order valence-corrected chi connectivity index (χ0v) is 12.2. The molecule has 5 heteroatoms. The number of nitrogens with zero attached hydrogens (tertiary/aromatic N) is 1. The van der Waals surface area contributed by atoms with Crippen LogP contribution >= 0.6 is 0 Å². The van der Waals surface area contributed by atoms with Crippen LogP contribution in [0.15, 0.2) is 18.2 Å². The Hall–Kier alpha value is -1.75. The van der Waals surface area contributed by atoms with Crippen LogP contribution in [0.5, 0.6) is 5.75 Å². The first-order chi connectivity index (χ1) is 9.60. The maximum absolute atomic E-state index is 12.1. The molecule has 1 amide bonds. The van der Waals surface area contributed by atoms with E-state index in [9.17, 15) is 4.79 Å². The second-order valence-electron chi connectivity index (χ2n) is 5.41. The predicted octanol–water partition coefficient (Wildman–Crippen LogP) is 1.35. The van der Waals surface area contributed by atoms with Crippen LogP contribution in [0.2, 0.25) is 0 Å². The van der Waals surface area contributed by atoms with E-state index < -0.39 is 0 Å². The SMILES string of the molecule is COc1cc(C(=O)NCC2CCN(C)CC2)ccc1N. The normalized spacial score (nSPS) is 16.9. The molecule has 1 aromatic carbocycles. The fraction of sp³-hybridized carbons (Fsp3) is 0.533. The van der Waals surface area contributed by atoms with Crippen molar-refractivity contribution in [3.8, 4) is 5.75 Å². The molecule has 0 aromatic heterocycles. The smallest absolute Gasteiger partial charge is 0.251 e. The van der Waals surface area contributed by atoms with Gasteiger partial charge in [-0.05, 0) is 57.1 Å². The molecule has 3 N–H and O–H groups in total. The molecule has 0 radical (unpaired) electrons. The summed E-state index contributed by atoms with van der Waals surface area (Å²) in [6.07, 6.45) is 2.28. The van der Waals surface area contributed by atoms with Gasteiger partial charge in [-0.3, -0.25) is 4.79 Å². The van der Waals surface area contributed by atoms with E-state index in [4.69, 9.17) is 10.5 Å². The van der Waals surface area contributed by atoms with Gasteiger partial charge in [-0.15, -0.1) is 0 Å².